The molecule has 0 fully saturated rings. The van der Waals surface area contributed by atoms with E-state index in [2.05, 4.69) is 0 Å². The number of rotatable bonds is 12. The van der Waals surface area contributed by atoms with Crippen LogP contribution in [0.25, 0.3) is 0 Å². The summed E-state index contributed by atoms with van der Waals surface area (Å²) in [5.74, 6) is -3.01. The van der Waals surface area contributed by atoms with E-state index < -0.39 is 36.0 Å². The molecule has 0 saturated carbocycles. The van der Waals surface area contributed by atoms with E-state index in [9.17, 15) is 24.4 Å². The van der Waals surface area contributed by atoms with Gasteiger partial charge < -0.3 is 19.3 Å². The molecular formula is C16H31O7P. The van der Waals surface area contributed by atoms with E-state index >= 15 is 0 Å². The molecule has 0 aromatic carbocycles. The first kappa shape index (κ1) is 23.1. The third-order valence-electron chi connectivity index (χ3n) is 4.53. The van der Waals surface area contributed by atoms with Crippen LogP contribution in [0.4, 0.5) is 0 Å². The summed E-state index contributed by atoms with van der Waals surface area (Å²) in [4.78, 5) is 23.5. The number of carboxylic acid groups (broad SMARTS) is 2. The number of aliphatic carboxylic acids is 2. The monoisotopic (exact) mass is 366 g/mol. The fourth-order valence-corrected chi connectivity index (χ4v) is 6.46. The summed E-state index contributed by atoms with van der Waals surface area (Å²) in [6.45, 7) is 10.1. The van der Waals surface area contributed by atoms with Gasteiger partial charge in [0, 0.05) is 0 Å². The second-order valence-corrected chi connectivity index (χ2v) is 8.75. The standard InChI is InChI=1S/C16H31O7P/c1-7-12(15(5,6)11-13(17)18)16(8-2,14(19)20)24(21,22-9-3)23-10-4/h12H,7-11H2,1-6H3,(H,17,18)(H,19,20). The number of hydrogen-bond donors (Lipinski definition) is 2. The summed E-state index contributed by atoms with van der Waals surface area (Å²) >= 11 is 0. The maximum Gasteiger partial charge on any atom is 0.348 e. The van der Waals surface area contributed by atoms with E-state index in [0.29, 0.717) is 6.42 Å². The molecule has 2 N–H and O–H groups in total. The molecule has 142 valence electrons. The van der Waals surface area contributed by atoms with Crippen LogP contribution in [0.2, 0.25) is 0 Å². The summed E-state index contributed by atoms with van der Waals surface area (Å²) in [6, 6.07) is 0. The van der Waals surface area contributed by atoms with Crippen molar-refractivity contribution in [3.05, 3.63) is 0 Å². The molecule has 0 heterocycles. The quantitative estimate of drug-likeness (QED) is 0.502. The maximum atomic E-state index is 13.5. The second kappa shape index (κ2) is 8.97. The molecule has 0 saturated heterocycles. The minimum Gasteiger partial charge on any atom is -0.481 e. The van der Waals surface area contributed by atoms with Crippen molar-refractivity contribution in [1.82, 2.24) is 0 Å². The Bertz CT molecular complexity index is 479. The lowest BCUT2D eigenvalue weighted by Crippen LogP contribution is -2.52. The van der Waals surface area contributed by atoms with Gasteiger partial charge in [0.15, 0.2) is 5.16 Å². The van der Waals surface area contributed by atoms with E-state index in [4.69, 9.17) is 9.05 Å². The third kappa shape index (κ3) is 4.38. The van der Waals surface area contributed by atoms with E-state index in [1.165, 1.54) is 0 Å². The molecule has 24 heavy (non-hydrogen) atoms. The average molecular weight is 366 g/mol. The molecule has 0 aromatic rings. The van der Waals surface area contributed by atoms with Crippen molar-refractivity contribution in [2.45, 2.75) is 66.0 Å². The first-order chi connectivity index (χ1) is 11.0. The lowest BCUT2D eigenvalue weighted by molar-refractivity contribution is -0.148. The van der Waals surface area contributed by atoms with Crippen LogP contribution in [-0.4, -0.2) is 40.5 Å². The highest BCUT2D eigenvalue weighted by atomic mass is 31.2. The molecule has 8 heteroatoms. The molecule has 0 aliphatic heterocycles. The zero-order valence-corrected chi connectivity index (χ0v) is 16.4. The van der Waals surface area contributed by atoms with Crippen LogP contribution in [0, 0.1) is 11.3 Å². The molecular weight excluding hydrogens is 335 g/mol. The summed E-state index contributed by atoms with van der Waals surface area (Å²) in [7, 11) is -4.02. The Labute approximate surface area is 144 Å². The van der Waals surface area contributed by atoms with Crippen LogP contribution in [0.15, 0.2) is 0 Å². The lowest BCUT2D eigenvalue weighted by Gasteiger charge is -2.46. The van der Waals surface area contributed by atoms with Crippen LogP contribution in [-0.2, 0) is 23.2 Å². The van der Waals surface area contributed by atoms with Crippen LogP contribution < -0.4 is 0 Å². The van der Waals surface area contributed by atoms with Crippen LogP contribution in [0.3, 0.4) is 0 Å². The average Bonchev–Trinajstić information content (AvgIpc) is 2.42. The number of hydrogen-bond acceptors (Lipinski definition) is 5. The number of carbonyl (C=O) groups is 2. The molecule has 0 amide bonds. The van der Waals surface area contributed by atoms with Crippen LogP contribution >= 0.6 is 7.60 Å². The van der Waals surface area contributed by atoms with Crippen molar-refractivity contribution >= 4 is 19.5 Å². The zero-order valence-electron chi connectivity index (χ0n) is 15.5. The highest BCUT2D eigenvalue weighted by Crippen LogP contribution is 2.67. The topological polar surface area (TPSA) is 110 Å². The van der Waals surface area contributed by atoms with Crippen LogP contribution in [0.1, 0.15) is 60.8 Å². The molecule has 0 aliphatic carbocycles. The fraction of sp³-hybridized carbons (Fsp3) is 0.875. The van der Waals surface area contributed by atoms with Gasteiger partial charge in [-0.05, 0) is 31.6 Å². The second-order valence-electron chi connectivity index (χ2n) is 6.44. The molecule has 0 radical (unpaired) electrons. The zero-order chi connectivity index (χ0) is 19.2. The fourth-order valence-electron chi connectivity index (χ4n) is 3.71. The van der Waals surface area contributed by atoms with Gasteiger partial charge in [0.25, 0.3) is 0 Å². The Kier molecular flexibility index (Phi) is 8.63. The molecule has 0 bridgehead atoms. The number of carboxylic acids is 2. The predicted molar refractivity (Wildman–Crippen MR) is 91.3 cm³/mol. The van der Waals surface area contributed by atoms with Crippen molar-refractivity contribution in [3.8, 4) is 0 Å². The minimum absolute atomic E-state index is 0.0150. The Morgan fingerprint density at radius 2 is 1.50 bits per heavy atom. The highest BCUT2D eigenvalue weighted by Gasteiger charge is 2.63. The Morgan fingerprint density at radius 1 is 1.04 bits per heavy atom. The van der Waals surface area contributed by atoms with Crippen molar-refractivity contribution in [2.75, 3.05) is 13.2 Å². The molecule has 0 aromatic heterocycles. The van der Waals surface area contributed by atoms with Crippen molar-refractivity contribution < 1.29 is 33.4 Å². The molecule has 0 rings (SSSR count). The minimum atomic E-state index is -4.02. The highest BCUT2D eigenvalue weighted by molar-refractivity contribution is 7.56. The van der Waals surface area contributed by atoms with Crippen LogP contribution in [0.5, 0.6) is 0 Å². The normalized spacial score (nSPS) is 16.4. The van der Waals surface area contributed by atoms with E-state index in [-0.39, 0.29) is 26.1 Å². The third-order valence-corrected chi connectivity index (χ3v) is 7.52. The molecule has 0 aliphatic rings. The van der Waals surface area contributed by atoms with Gasteiger partial charge in [-0.15, -0.1) is 0 Å². The summed E-state index contributed by atoms with van der Waals surface area (Å²) in [5.41, 5.74) is -0.904. The van der Waals surface area contributed by atoms with Gasteiger partial charge in [-0.2, -0.15) is 0 Å². The Balaban J connectivity index is 6.45. The molecule has 2 atom stereocenters. The van der Waals surface area contributed by atoms with Gasteiger partial charge in [0.2, 0.25) is 0 Å². The molecule has 7 nitrogen and oxygen atoms in total. The summed E-state index contributed by atoms with van der Waals surface area (Å²) in [6.07, 6.45) is 0.116. The van der Waals surface area contributed by atoms with E-state index in [1.807, 2.05) is 0 Å². The smallest absolute Gasteiger partial charge is 0.348 e. The summed E-state index contributed by atoms with van der Waals surface area (Å²) in [5, 5.41) is 17.4. The Morgan fingerprint density at radius 3 is 1.75 bits per heavy atom. The van der Waals surface area contributed by atoms with E-state index in [0.717, 1.165) is 0 Å². The lowest BCUT2D eigenvalue weighted by atomic mass is 9.67. The predicted octanol–water partition coefficient (Wildman–Crippen LogP) is 4.01. The maximum absolute atomic E-state index is 13.5. The van der Waals surface area contributed by atoms with Gasteiger partial charge in [-0.25, -0.2) is 0 Å². The van der Waals surface area contributed by atoms with Gasteiger partial charge in [0.1, 0.15) is 0 Å². The SMILES string of the molecule is CCOP(=O)(OCC)C(CC)(C(=O)O)C(CC)C(C)(C)CC(=O)O. The van der Waals surface area contributed by atoms with Crippen molar-refractivity contribution in [2.24, 2.45) is 11.3 Å². The van der Waals surface area contributed by atoms with Crippen molar-refractivity contribution in [1.29, 1.82) is 0 Å². The van der Waals surface area contributed by atoms with Gasteiger partial charge in [-0.3, -0.25) is 14.2 Å². The summed E-state index contributed by atoms with van der Waals surface area (Å²) < 4.78 is 24.2. The van der Waals surface area contributed by atoms with E-state index in [1.54, 1.807) is 41.5 Å². The van der Waals surface area contributed by atoms with Gasteiger partial charge in [-0.1, -0.05) is 34.1 Å². The molecule has 0 spiro atoms. The largest absolute Gasteiger partial charge is 0.481 e. The van der Waals surface area contributed by atoms with Gasteiger partial charge in [0.05, 0.1) is 19.6 Å². The van der Waals surface area contributed by atoms with Gasteiger partial charge >= 0.3 is 19.5 Å². The first-order valence-electron chi connectivity index (χ1n) is 8.33. The molecule has 2 unspecified atom stereocenters. The first-order valence-corrected chi connectivity index (χ1v) is 9.87. The Hall–Kier alpha value is -0.910. The van der Waals surface area contributed by atoms with Crippen molar-refractivity contribution in [3.63, 3.8) is 0 Å².